The van der Waals surface area contributed by atoms with Gasteiger partial charge in [-0.25, -0.2) is 4.39 Å². The summed E-state index contributed by atoms with van der Waals surface area (Å²) >= 11 is 0. The minimum atomic E-state index is -0.349. The van der Waals surface area contributed by atoms with Crippen molar-refractivity contribution < 1.29 is 18.7 Å². The molecule has 0 spiro atoms. The Morgan fingerprint density at radius 2 is 1.79 bits per heavy atom. The first kappa shape index (κ1) is 23.0. The largest absolute Gasteiger partial charge is 0.381 e. The minimum absolute atomic E-state index is 0.0483. The van der Waals surface area contributed by atoms with Crippen LogP contribution in [-0.2, 0) is 26.2 Å². The maximum absolute atomic E-state index is 14.0. The monoisotopic (exact) mass is 464 g/mol. The predicted octanol–water partition coefficient (Wildman–Crippen LogP) is 4.39. The second-order valence-corrected chi connectivity index (χ2v) is 9.99. The summed E-state index contributed by atoms with van der Waals surface area (Å²) in [6.45, 7) is 2.30. The highest BCUT2D eigenvalue weighted by Gasteiger charge is 2.41. The van der Waals surface area contributed by atoms with E-state index < -0.39 is 0 Å². The minimum Gasteiger partial charge on any atom is -0.381 e. The predicted molar refractivity (Wildman–Crippen MR) is 129 cm³/mol. The molecular weight excluding hydrogens is 431 g/mol. The summed E-state index contributed by atoms with van der Waals surface area (Å²) in [7, 11) is 0. The van der Waals surface area contributed by atoms with Crippen LogP contribution in [0.4, 0.5) is 10.1 Å². The van der Waals surface area contributed by atoms with E-state index in [-0.39, 0.29) is 34.9 Å². The number of ether oxygens (including phenoxy) is 1. The van der Waals surface area contributed by atoms with E-state index in [1.807, 2.05) is 29.2 Å². The van der Waals surface area contributed by atoms with E-state index in [4.69, 9.17) is 4.74 Å². The number of para-hydroxylation sites is 1. The lowest BCUT2D eigenvalue weighted by Gasteiger charge is -2.39. The van der Waals surface area contributed by atoms with Crippen LogP contribution in [0.1, 0.15) is 49.7 Å². The highest BCUT2D eigenvalue weighted by atomic mass is 19.1. The van der Waals surface area contributed by atoms with Gasteiger partial charge in [0, 0.05) is 43.3 Å². The Balaban J connectivity index is 1.31. The molecule has 2 aromatic carbocycles. The highest BCUT2D eigenvalue weighted by molar-refractivity contribution is 5.99. The molecule has 5 nitrogen and oxygen atoms in total. The molecule has 2 fully saturated rings. The Bertz CT molecular complexity index is 1050. The van der Waals surface area contributed by atoms with Crippen LogP contribution in [0, 0.1) is 17.7 Å². The van der Waals surface area contributed by atoms with Gasteiger partial charge >= 0.3 is 0 Å². The van der Waals surface area contributed by atoms with Crippen LogP contribution in [0.15, 0.2) is 48.5 Å². The normalized spacial score (nSPS) is 23.9. The molecule has 1 saturated carbocycles. The molecule has 0 aromatic heterocycles. The Kier molecular flexibility index (Phi) is 6.68. The molecule has 2 unspecified atom stereocenters. The molecule has 3 aliphatic rings. The molecule has 6 heteroatoms. The van der Waals surface area contributed by atoms with Crippen LogP contribution in [0.2, 0.25) is 0 Å². The lowest BCUT2D eigenvalue weighted by atomic mass is 9.73. The van der Waals surface area contributed by atoms with Gasteiger partial charge in [0.15, 0.2) is 0 Å². The maximum atomic E-state index is 14.0. The van der Waals surface area contributed by atoms with E-state index in [9.17, 15) is 14.0 Å². The van der Waals surface area contributed by atoms with E-state index in [2.05, 4.69) is 11.4 Å². The molecule has 2 amide bonds. The van der Waals surface area contributed by atoms with E-state index in [0.717, 1.165) is 56.2 Å². The van der Waals surface area contributed by atoms with E-state index >= 15 is 0 Å². The molecule has 0 bridgehead atoms. The Morgan fingerprint density at radius 3 is 2.59 bits per heavy atom. The zero-order valence-corrected chi connectivity index (χ0v) is 19.6. The number of anilines is 1. The maximum Gasteiger partial charge on any atom is 0.230 e. The van der Waals surface area contributed by atoms with Gasteiger partial charge in [0.25, 0.3) is 0 Å². The highest BCUT2D eigenvalue weighted by Crippen LogP contribution is 2.37. The number of rotatable bonds is 5. The number of halogens is 1. The third kappa shape index (κ3) is 4.48. The van der Waals surface area contributed by atoms with Crippen molar-refractivity contribution >= 4 is 17.5 Å². The van der Waals surface area contributed by atoms with Gasteiger partial charge in [-0.05, 0) is 61.4 Å². The van der Waals surface area contributed by atoms with Crippen molar-refractivity contribution in [1.82, 2.24) is 5.32 Å². The summed E-state index contributed by atoms with van der Waals surface area (Å²) in [6.07, 6.45) is 5.74. The van der Waals surface area contributed by atoms with Crippen molar-refractivity contribution in [3.05, 3.63) is 65.5 Å². The van der Waals surface area contributed by atoms with Crippen LogP contribution in [0.5, 0.6) is 0 Å². The van der Waals surface area contributed by atoms with Gasteiger partial charge in [-0.3, -0.25) is 9.59 Å². The van der Waals surface area contributed by atoms with Crippen LogP contribution in [0.3, 0.4) is 0 Å². The van der Waals surface area contributed by atoms with Crippen molar-refractivity contribution in [2.75, 3.05) is 31.2 Å². The number of hydrogen-bond acceptors (Lipinski definition) is 3. The average molecular weight is 465 g/mol. The van der Waals surface area contributed by atoms with Crippen molar-refractivity contribution in [1.29, 1.82) is 0 Å². The summed E-state index contributed by atoms with van der Waals surface area (Å²) < 4.78 is 19.6. The van der Waals surface area contributed by atoms with Gasteiger partial charge in [-0.15, -0.1) is 0 Å². The Labute approximate surface area is 200 Å². The second-order valence-electron chi connectivity index (χ2n) is 9.99. The van der Waals surface area contributed by atoms with Crippen molar-refractivity contribution in [3.63, 3.8) is 0 Å². The summed E-state index contributed by atoms with van der Waals surface area (Å²) in [5.41, 5.74) is 2.74. The second kappa shape index (κ2) is 9.87. The van der Waals surface area contributed by atoms with Gasteiger partial charge < -0.3 is 15.0 Å². The zero-order valence-electron chi connectivity index (χ0n) is 19.6. The molecule has 0 radical (unpaired) electrons. The number of fused-ring (bicyclic) bond motifs is 1. The molecule has 5 rings (SSSR count). The third-order valence-electron chi connectivity index (χ3n) is 8.06. The van der Waals surface area contributed by atoms with E-state index in [1.165, 1.54) is 11.6 Å². The van der Waals surface area contributed by atoms with E-state index in [0.29, 0.717) is 26.3 Å². The summed E-state index contributed by atoms with van der Waals surface area (Å²) in [5, 5.41) is 3.19. The third-order valence-corrected chi connectivity index (χ3v) is 8.06. The topological polar surface area (TPSA) is 58.6 Å². The summed E-state index contributed by atoms with van der Waals surface area (Å²) in [5.74, 6) is -0.847. The molecule has 2 aromatic rings. The Hall–Kier alpha value is -2.73. The van der Waals surface area contributed by atoms with Crippen molar-refractivity contribution in [3.8, 4) is 0 Å². The number of nitrogens with one attached hydrogen (secondary N) is 1. The number of amides is 2. The SMILES string of the molecule is O=C(NCC1(c2cccc(F)c2)CCOCC1)C1CCCCC1C(=O)N1CCc2ccccc21. The van der Waals surface area contributed by atoms with Crippen molar-refractivity contribution in [2.24, 2.45) is 11.8 Å². The van der Waals surface area contributed by atoms with Gasteiger partial charge in [0.1, 0.15) is 5.82 Å². The molecule has 1 aliphatic carbocycles. The number of carbonyl (C=O) groups excluding carboxylic acids is 2. The average Bonchev–Trinajstić information content (AvgIpc) is 3.32. The van der Waals surface area contributed by atoms with Crippen LogP contribution in [-0.4, -0.2) is 38.1 Å². The van der Waals surface area contributed by atoms with Gasteiger partial charge in [-0.1, -0.05) is 43.2 Å². The molecule has 34 heavy (non-hydrogen) atoms. The zero-order chi connectivity index (χ0) is 23.5. The lowest BCUT2D eigenvalue weighted by Crippen LogP contribution is -2.49. The summed E-state index contributed by atoms with van der Waals surface area (Å²) in [4.78, 5) is 29.0. The van der Waals surface area contributed by atoms with Crippen LogP contribution in [0.25, 0.3) is 0 Å². The molecule has 180 valence electrons. The fraction of sp³-hybridized carbons (Fsp3) is 0.500. The number of hydrogen-bond donors (Lipinski definition) is 1. The number of carbonyl (C=O) groups is 2. The van der Waals surface area contributed by atoms with Gasteiger partial charge in [0.2, 0.25) is 11.8 Å². The molecular formula is C28H33FN2O3. The van der Waals surface area contributed by atoms with Crippen LogP contribution < -0.4 is 10.2 Å². The lowest BCUT2D eigenvalue weighted by molar-refractivity contribution is -0.135. The molecule has 1 N–H and O–H groups in total. The van der Waals surface area contributed by atoms with Crippen molar-refractivity contribution in [2.45, 2.75) is 50.4 Å². The number of benzene rings is 2. The first-order chi connectivity index (χ1) is 16.6. The fourth-order valence-electron chi connectivity index (χ4n) is 6.04. The standard InChI is InChI=1S/C28H33FN2O3/c29-22-8-5-7-21(18-22)28(13-16-34-17-14-28)19-30-26(32)23-9-2-3-10-24(23)27(33)31-15-12-20-6-1-4-11-25(20)31/h1,4-8,11,18,23-24H,2-3,9-10,12-17,19H2,(H,30,32). The molecule has 1 saturated heterocycles. The molecule has 2 atom stereocenters. The Morgan fingerprint density at radius 1 is 1.03 bits per heavy atom. The van der Waals surface area contributed by atoms with E-state index in [1.54, 1.807) is 12.1 Å². The smallest absolute Gasteiger partial charge is 0.230 e. The van der Waals surface area contributed by atoms with Crippen LogP contribution >= 0.6 is 0 Å². The first-order valence-corrected chi connectivity index (χ1v) is 12.6. The van der Waals surface area contributed by atoms with Gasteiger partial charge in [-0.2, -0.15) is 0 Å². The fourth-order valence-corrected chi connectivity index (χ4v) is 6.04. The molecule has 2 aliphatic heterocycles. The first-order valence-electron chi connectivity index (χ1n) is 12.6. The van der Waals surface area contributed by atoms with Gasteiger partial charge in [0.05, 0.1) is 5.92 Å². The quantitative estimate of drug-likeness (QED) is 0.714. The summed E-state index contributed by atoms with van der Waals surface area (Å²) in [6, 6.07) is 14.8. The number of nitrogens with zero attached hydrogens (tertiary/aromatic N) is 1. The molecule has 2 heterocycles.